The maximum atomic E-state index is 11.7. The molecule has 0 aliphatic rings. The van der Waals surface area contributed by atoms with Crippen LogP contribution >= 0.6 is 0 Å². The number of nitrogens with two attached hydrogens (primary N) is 1. The summed E-state index contributed by atoms with van der Waals surface area (Å²) in [7, 11) is 0. The first-order valence-electron chi connectivity index (χ1n) is 3.25. The van der Waals surface area contributed by atoms with E-state index in [4.69, 9.17) is 11.0 Å². The molecule has 0 atom stereocenters. The number of nitriles is 1. The molecule has 0 unspecified atom stereocenters. The van der Waals surface area contributed by atoms with Gasteiger partial charge in [-0.25, -0.2) is 4.98 Å². The number of nitrogens with zero attached hydrogens (tertiary/aromatic N) is 2. The van der Waals surface area contributed by atoms with Gasteiger partial charge >= 0.3 is 6.61 Å². The van der Waals surface area contributed by atoms with Crippen molar-refractivity contribution in [1.29, 1.82) is 5.26 Å². The van der Waals surface area contributed by atoms with E-state index in [0.29, 0.717) is 0 Å². The van der Waals surface area contributed by atoms with Gasteiger partial charge in [-0.1, -0.05) is 0 Å². The first-order chi connectivity index (χ1) is 6.13. The molecule has 6 heteroatoms. The van der Waals surface area contributed by atoms with Gasteiger partial charge in [0, 0.05) is 6.07 Å². The smallest absolute Gasteiger partial charge is 0.388 e. The summed E-state index contributed by atoms with van der Waals surface area (Å²) in [6.45, 7) is -2.96. The van der Waals surface area contributed by atoms with E-state index < -0.39 is 6.61 Å². The average Bonchev–Trinajstić information content (AvgIpc) is 2.07. The molecular formula is C7H5F2N3O. The van der Waals surface area contributed by atoms with Crippen LogP contribution in [0.1, 0.15) is 5.69 Å². The van der Waals surface area contributed by atoms with Gasteiger partial charge in [-0.3, -0.25) is 0 Å². The lowest BCUT2D eigenvalue weighted by molar-refractivity contribution is -0.0528. The normalized spacial score (nSPS) is 9.69. The van der Waals surface area contributed by atoms with Gasteiger partial charge in [0.2, 0.25) is 5.88 Å². The standard InChI is InChI=1S/C7H5F2N3O/c8-7(9)13-6-2-1-4(11)5(3-10)12-6/h1-2,7H,11H2. The fourth-order valence-corrected chi connectivity index (χ4v) is 0.698. The van der Waals surface area contributed by atoms with Crippen LogP contribution in [0, 0.1) is 11.3 Å². The van der Waals surface area contributed by atoms with Crippen molar-refractivity contribution in [3.8, 4) is 11.9 Å². The summed E-state index contributed by atoms with van der Waals surface area (Å²) in [4.78, 5) is 3.44. The molecule has 68 valence electrons. The van der Waals surface area contributed by atoms with Crippen LogP contribution < -0.4 is 10.5 Å². The second kappa shape index (κ2) is 3.67. The number of alkyl halides is 2. The highest BCUT2D eigenvalue weighted by atomic mass is 19.3. The molecular weight excluding hydrogens is 180 g/mol. The van der Waals surface area contributed by atoms with Gasteiger partial charge in [-0.2, -0.15) is 14.0 Å². The van der Waals surface area contributed by atoms with Crippen molar-refractivity contribution in [2.75, 3.05) is 5.73 Å². The Kier molecular flexibility index (Phi) is 2.59. The largest absolute Gasteiger partial charge is 0.417 e. The van der Waals surface area contributed by atoms with Crippen molar-refractivity contribution in [3.05, 3.63) is 17.8 Å². The van der Waals surface area contributed by atoms with Crippen LogP contribution in [0.5, 0.6) is 5.88 Å². The molecule has 2 N–H and O–H groups in total. The van der Waals surface area contributed by atoms with Gasteiger partial charge in [0.25, 0.3) is 0 Å². The Morgan fingerprint density at radius 2 is 2.23 bits per heavy atom. The summed E-state index contributed by atoms with van der Waals surface area (Å²) in [6, 6.07) is 4.10. The van der Waals surface area contributed by atoms with Gasteiger partial charge in [0.1, 0.15) is 6.07 Å². The minimum atomic E-state index is -2.96. The Labute approximate surface area is 72.6 Å². The van der Waals surface area contributed by atoms with Crippen molar-refractivity contribution < 1.29 is 13.5 Å². The molecule has 1 heterocycles. The summed E-state index contributed by atoms with van der Waals surface area (Å²) < 4.78 is 27.3. The number of halogens is 2. The van der Waals surface area contributed by atoms with Gasteiger partial charge in [-0.15, -0.1) is 0 Å². The highest BCUT2D eigenvalue weighted by Crippen LogP contribution is 2.15. The average molecular weight is 185 g/mol. The molecule has 0 bridgehead atoms. The van der Waals surface area contributed by atoms with Crippen molar-refractivity contribution >= 4 is 5.69 Å². The molecule has 0 saturated carbocycles. The summed E-state index contributed by atoms with van der Waals surface area (Å²) >= 11 is 0. The van der Waals surface area contributed by atoms with E-state index in [1.807, 2.05) is 0 Å². The van der Waals surface area contributed by atoms with Crippen LogP contribution in [0.4, 0.5) is 14.5 Å². The van der Waals surface area contributed by atoms with E-state index in [1.165, 1.54) is 12.1 Å². The van der Waals surface area contributed by atoms with Crippen LogP contribution in [0.2, 0.25) is 0 Å². The first-order valence-corrected chi connectivity index (χ1v) is 3.25. The Morgan fingerprint density at radius 3 is 2.77 bits per heavy atom. The topological polar surface area (TPSA) is 71.9 Å². The number of aromatic nitrogens is 1. The fourth-order valence-electron chi connectivity index (χ4n) is 0.698. The number of hydrogen-bond acceptors (Lipinski definition) is 4. The number of hydrogen-bond donors (Lipinski definition) is 1. The molecule has 13 heavy (non-hydrogen) atoms. The minimum Gasteiger partial charge on any atom is -0.417 e. The third-order valence-corrected chi connectivity index (χ3v) is 1.22. The fraction of sp³-hybridized carbons (Fsp3) is 0.143. The third-order valence-electron chi connectivity index (χ3n) is 1.22. The molecule has 0 saturated heterocycles. The minimum absolute atomic E-state index is 0.127. The number of pyridine rings is 1. The maximum Gasteiger partial charge on any atom is 0.388 e. The SMILES string of the molecule is N#Cc1nc(OC(F)F)ccc1N. The Morgan fingerprint density at radius 1 is 1.54 bits per heavy atom. The van der Waals surface area contributed by atoms with E-state index in [1.54, 1.807) is 6.07 Å². The molecule has 4 nitrogen and oxygen atoms in total. The Hall–Kier alpha value is -1.90. The second-order valence-corrected chi connectivity index (χ2v) is 2.08. The van der Waals surface area contributed by atoms with Gasteiger partial charge < -0.3 is 10.5 Å². The predicted molar refractivity (Wildman–Crippen MR) is 40.0 cm³/mol. The second-order valence-electron chi connectivity index (χ2n) is 2.08. The molecule has 0 aliphatic heterocycles. The zero-order chi connectivity index (χ0) is 9.84. The lowest BCUT2D eigenvalue weighted by Crippen LogP contribution is -2.05. The lowest BCUT2D eigenvalue weighted by atomic mass is 10.3. The highest BCUT2D eigenvalue weighted by molar-refractivity contribution is 5.50. The molecule has 0 spiro atoms. The molecule has 1 aromatic rings. The van der Waals surface area contributed by atoms with Crippen LogP contribution in [-0.2, 0) is 0 Å². The van der Waals surface area contributed by atoms with E-state index in [-0.39, 0.29) is 17.3 Å². The van der Waals surface area contributed by atoms with Crippen molar-refractivity contribution in [2.45, 2.75) is 6.61 Å². The quantitative estimate of drug-likeness (QED) is 0.749. The molecule has 0 fully saturated rings. The molecule has 0 radical (unpaired) electrons. The van der Waals surface area contributed by atoms with Crippen molar-refractivity contribution in [3.63, 3.8) is 0 Å². The van der Waals surface area contributed by atoms with E-state index in [0.717, 1.165) is 0 Å². The van der Waals surface area contributed by atoms with E-state index in [9.17, 15) is 8.78 Å². The third kappa shape index (κ3) is 2.27. The summed E-state index contributed by atoms with van der Waals surface area (Å²) in [6.07, 6.45) is 0. The summed E-state index contributed by atoms with van der Waals surface area (Å²) in [5.74, 6) is -0.319. The Bertz CT molecular complexity index is 348. The lowest BCUT2D eigenvalue weighted by Gasteiger charge is -2.03. The van der Waals surface area contributed by atoms with Gasteiger partial charge in [0.05, 0.1) is 5.69 Å². The number of anilines is 1. The van der Waals surface area contributed by atoms with Crippen LogP contribution in [0.15, 0.2) is 12.1 Å². The van der Waals surface area contributed by atoms with Gasteiger partial charge in [0.15, 0.2) is 5.69 Å². The van der Waals surface area contributed by atoms with E-state index >= 15 is 0 Å². The highest BCUT2D eigenvalue weighted by Gasteiger charge is 2.07. The summed E-state index contributed by atoms with van der Waals surface area (Å²) in [5.41, 5.74) is 5.30. The molecule has 0 aliphatic carbocycles. The Balaban J connectivity index is 2.95. The maximum absolute atomic E-state index is 11.7. The van der Waals surface area contributed by atoms with Crippen LogP contribution in [0.3, 0.4) is 0 Å². The number of ether oxygens (including phenoxy) is 1. The molecule has 1 rings (SSSR count). The van der Waals surface area contributed by atoms with Crippen molar-refractivity contribution in [2.24, 2.45) is 0 Å². The number of rotatable bonds is 2. The molecule has 0 aromatic carbocycles. The number of nitrogen functional groups attached to an aromatic ring is 1. The van der Waals surface area contributed by atoms with Crippen LogP contribution in [0.25, 0.3) is 0 Å². The van der Waals surface area contributed by atoms with Crippen molar-refractivity contribution in [1.82, 2.24) is 4.98 Å². The van der Waals surface area contributed by atoms with E-state index in [2.05, 4.69) is 9.72 Å². The summed E-state index contributed by atoms with van der Waals surface area (Å²) in [5, 5.41) is 8.44. The van der Waals surface area contributed by atoms with Gasteiger partial charge in [-0.05, 0) is 6.07 Å². The van der Waals surface area contributed by atoms with Crippen LogP contribution in [-0.4, -0.2) is 11.6 Å². The predicted octanol–water partition coefficient (Wildman–Crippen LogP) is 1.14. The first kappa shape index (κ1) is 9.19. The monoisotopic (exact) mass is 185 g/mol. The zero-order valence-electron chi connectivity index (χ0n) is 6.37. The molecule has 0 amide bonds. The zero-order valence-corrected chi connectivity index (χ0v) is 6.37. The molecule has 1 aromatic heterocycles.